The van der Waals surface area contributed by atoms with Crippen molar-refractivity contribution in [3.63, 3.8) is 0 Å². The second-order valence-corrected chi connectivity index (χ2v) is 7.97. The summed E-state index contributed by atoms with van der Waals surface area (Å²) >= 11 is 1.58. The van der Waals surface area contributed by atoms with Crippen LogP contribution < -0.4 is 5.32 Å². The first-order valence-electron chi connectivity index (χ1n) is 9.15. The molecule has 1 saturated heterocycles. The van der Waals surface area contributed by atoms with Gasteiger partial charge < -0.3 is 10.2 Å². The van der Waals surface area contributed by atoms with Crippen LogP contribution in [-0.4, -0.2) is 46.5 Å². The molecular weight excluding hydrogens is 332 g/mol. The van der Waals surface area contributed by atoms with Crippen LogP contribution in [-0.2, 0) is 0 Å². The van der Waals surface area contributed by atoms with Crippen LogP contribution in [0.3, 0.4) is 0 Å². The summed E-state index contributed by atoms with van der Waals surface area (Å²) in [6, 6.07) is 1.96. The van der Waals surface area contributed by atoms with E-state index >= 15 is 0 Å². The third-order valence-corrected chi connectivity index (χ3v) is 5.72. The summed E-state index contributed by atoms with van der Waals surface area (Å²) in [5.74, 6) is 0.822. The normalized spacial score (nSPS) is 18.4. The third-order valence-electron chi connectivity index (χ3n) is 4.96. The molecule has 1 amide bonds. The van der Waals surface area contributed by atoms with E-state index in [-0.39, 0.29) is 5.91 Å². The van der Waals surface area contributed by atoms with E-state index in [1.807, 2.05) is 25.3 Å². The van der Waals surface area contributed by atoms with Crippen LogP contribution >= 0.6 is 11.3 Å². The van der Waals surface area contributed by atoms with Crippen molar-refractivity contribution in [1.29, 1.82) is 0 Å². The van der Waals surface area contributed by atoms with Crippen molar-refractivity contribution in [3.05, 3.63) is 34.6 Å². The Hall–Kier alpha value is -1.66. The number of hydrogen-bond acceptors (Lipinski definition) is 4. The van der Waals surface area contributed by atoms with Gasteiger partial charge >= 0.3 is 0 Å². The maximum absolute atomic E-state index is 12.5. The van der Waals surface area contributed by atoms with Gasteiger partial charge in [0, 0.05) is 36.1 Å². The van der Waals surface area contributed by atoms with Gasteiger partial charge in [-0.3, -0.25) is 9.36 Å². The number of carbonyl (C=O) groups is 1. The van der Waals surface area contributed by atoms with E-state index in [4.69, 9.17) is 0 Å². The number of aryl methyl sites for hydroxylation is 1. The van der Waals surface area contributed by atoms with Crippen LogP contribution in [0.25, 0.3) is 5.13 Å². The average molecular weight is 361 g/mol. The molecule has 0 bridgehead atoms. The van der Waals surface area contributed by atoms with Gasteiger partial charge in [0.2, 0.25) is 0 Å². The molecule has 1 aliphatic rings. The number of carbonyl (C=O) groups excluding carboxylic acids is 1. The molecule has 0 aliphatic carbocycles. The molecule has 6 heteroatoms. The van der Waals surface area contributed by atoms with Crippen molar-refractivity contribution in [2.75, 3.05) is 26.2 Å². The molecule has 3 heterocycles. The fourth-order valence-corrected chi connectivity index (χ4v) is 4.45. The second kappa shape index (κ2) is 8.15. The van der Waals surface area contributed by atoms with Crippen LogP contribution in [0.1, 0.15) is 47.9 Å². The van der Waals surface area contributed by atoms with Crippen LogP contribution in [0.4, 0.5) is 0 Å². The zero-order valence-corrected chi connectivity index (χ0v) is 16.2. The van der Waals surface area contributed by atoms with E-state index in [0.29, 0.717) is 0 Å². The minimum absolute atomic E-state index is 0.0166. The molecule has 3 rings (SSSR count). The maximum Gasteiger partial charge on any atom is 0.253 e. The summed E-state index contributed by atoms with van der Waals surface area (Å²) in [6.07, 6.45) is 5.45. The molecule has 0 radical (unpaired) electrons. The molecule has 1 aliphatic heterocycles. The van der Waals surface area contributed by atoms with Gasteiger partial charge in [0.15, 0.2) is 5.13 Å². The van der Waals surface area contributed by atoms with Gasteiger partial charge in [-0.15, -0.1) is 11.3 Å². The highest BCUT2D eigenvalue weighted by Crippen LogP contribution is 2.22. The Bertz CT molecular complexity index is 707. The Morgan fingerprint density at radius 2 is 2.28 bits per heavy atom. The van der Waals surface area contributed by atoms with Gasteiger partial charge in [0.25, 0.3) is 5.91 Å². The van der Waals surface area contributed by atoms with E-state index in [0.717, 1.165) is 47.5 Å². The summed E-state index contributed by atoms with van der Waals surface area (Å²) in [5, 5.41) is 5.94. The summed E-state index contributed by atoms with van der Waals surface area (Å²) in [4.78, 5) is 19.4. The predicted octanol–water partition coefficient (Wildman–Crippen LogP) is 3.40. The van der Waals surface area contributed by atoms with E-state index < -0.39 is 0 Å². The van der Waals surface area contributed by atoms with E-state index in [1.54, 1.807) is 17.5 Å². The SMILES string of the molecule is Cc1cc(C(=O)NCCCN2CCCC(C)C2)c(C)n1-c1nccs1. The Balaban J connectivity index is 1.53. The molecule has 1 unspecified atom stereocenters. The summed E-state index contributed by atoms with van der Waals surface area (Å²) in [6.45, 7) is 10.5. The second-order valence-electron chi connectivity index (χ2n) is 7.09. The van der Waals surface area contributed by atoms with Gasteiger partial charge in [-0.2, -0.15) is 0 Å². The van der Waals surface area contributed by atoms with Crippen molar-refractivity contribution in [3.8, 4) is 5.13 Å². The topological polar surface area (TPSA) is 50.2 Å². The summed E-state index contributed by atoms with van der Waals surface area (Å²) < 4.78 is 2.05. The highest BCUT2D eigenvalue weighted by atomic mass is 32.1. The van der Waals surface area contributed by atoms with Crippen molar-refractivity contribution in [2.24, 2.45) is 5.92 Å². The maximum atomic E-state index is 12.5. The van der Waals surface area contributed by atoms with Crippen molar-refractivity contribution < 1.29 is 4.79 Å². The van der Waals surface area contributed by atoms with Crippen molar-refractivity contribution >= 4 is 17.2 Å². The Labute approximate surface area is 154 Å². The number of rotatable bonds is 6. The molecule has 5 nitrogen and oxygen atoms in total. The fourth-order valence-electron chi connectivity index (χ4n) is 3.70. The van der Waals surface area contributed by atoms with Gasteiger partial charge in [0.05, 0.1) is 5.56 Å². The monoisotopic (exact) mass is 360 g/mol. The van der Waals surface area contributed by atoms with Crippen LogP contribution in [0.5, 0.6) is 0 Å². The molecule has 2 aromatic heterocycles. The van der Waals surface area contributed by atoms with Crippen LogP contribution in [0.15, 0.2) is 17.6 Å². The molecule has 136 valence electrons. The van der Waals surface area contributed by atoms with Gasteiger partial charge in [-0.05, 0) is 58.2 Å². The Kier molecular flexibility index (Phi) is 5.91. The lowest BCUT2D eigenvalue weighted by atomic mass is 10.0. The Morgan fingerprint density at radius 3 is 3.00 bits per heavy atom. The number of hydrogen-bond donors (Lipinski definition) is 1. The summed E-state index contributed by atoms with van der Waals surface area (Å²) in [7, 11) is 0. The lowest BCUT2D eigenvalue weighted by molar-refractivity contribution is 0.0949. The first-order valence-corrected chi connectivity index (χ1v) is 10.0. The van der Waals surface area contributed by atoms with Gasteiger partial charge in [-0.1, -0.05) is 6.92 Å². The smallest absolute Gasteiger partial charge is 0.253 e. The minimum atomic E-state index is 0.0166. The molecule has 25 heavy (non-hydrogen) atoms. The standard InChI is InChI=1S/C19H28N4OS/c1-14-6-4-9-22(13-14)10-5-7-20-18(24)17-12-15(2)23(16(17)3)19-21-8-11-25-19/h8,11-12,14H,4-7,9-10,13H2,1-3H3,(H,20,24). The van der Waals surface area contributed by atoms with E-state index in [2.05, 4.69) is 26.7 Å². The first-order chi connectivity index (χ1) is 12.1. The fraction of sp³-hybridized carbons (Fsp3) is 0.579. The van der Waals surface area contributed by atoms with Crippen molar-refractivity contribution in [2.45, 2.75) is 40.0 Å². The first kappa shape index (κ1) is 18.1. The largest absolute Gasteiger partial charge is 0.352 e. The van der Waals surface area contributed by atoms with E-state index in [9.17, 15) is 4.79 Å². The number of nitrogens with one attached hydrogen (secondary N) is 1. The van der Waals surface area contributed by atoms with Gasteiger partial charge in [-0.25, -0.2) is 4.98 Å². The number of thiazole rings is 1. The zero-order valence-electron chi connectivity index (χ0n) is 15.4. The molecular formula is C19H28N4OS. The molecule has 0 spiro atoms. The van der Waals surface area contributed by atoms with Crippen molar-refractivity contribution in [1.82, 2.24) is 19.8 Å². The lowest BCUT2D eigenvalue weighted by Gasteiger charge is -2.30. The average Bonchev–Trinajstić information content (AvgIpc) is 3.19. The predicted molar refractivity (Wildman–Crippen MR) is 103 cm³/mol. The molecule has 1 fully saturated rings. The van der Waals surface area contributed by atoms with E-state index in [1.165, 1.54) is 25.9 Å². The zero-order chi connectivity index (χ0) is 17.8. The highest BCUT2D eigenvalue weighted by molar-refractivity contribution is 7.12. The lowest BCUT2D eigenvalue weighted by Crippen LogP contribution is -2.36. The number of likely N-dealkylation sites (tertiary alicyclic amines) is 1. The van der Waals surface area contributed by atoms with Crippen LogP contribution in [0, 0.1) is 19.8 Å². The molecule has 0 saturated carbocycles. The molecule has 1 N–H and O–H groups in total. The molecule has 0 aromatic carbocycles. The number of amides is 1. The number of aromatic nitrogens is 2. The quantitative estimate of drug-likeness (QED) is 0.803. The van der Waals surface area contributed by atoms with Crippen LogP contribution in [0.2, 0.25) is 0 Å². The third kappa shape index (κ3) is 4.30. The minimum Gasteiger partial charge on any atom is -0.352 e. The highest BCUT2D eigenvalue weighted by Gasteiger charge is 2.18. The number of nitrogens with zero attached hydrogens (tertiary/aromatic N) is 3. The molecule has 2 aromatic rings. The Morgan fingerprint density at radius 1 is 1.44 bits per heavy atom. The van der Waals surface area contributed by atoms with Gasteiger partial charge in [0.1, 0.15) is 0 Å². The molecule has 1 atom stereocenters. The summed E-state index contributed by atoms with van der Waals surface area (Å²) in [5.41, 5.74) is 2.74. The number of piperidine rings is 1.